The number of aromatic hydroxyl groups is 1. The summed E-state index contributed by atoms with van der Waals surface area (Å²) in [6, 6.07) is 5.04. The van der Waals surface area contributed by atoms with E-state index in [1.54, 1.807) is 32.2 Å². The molecule has 0 saturated carbocycles. The van der Waals surface area contributed by atoms with E-state index in [1.807, 2.05) is 0 Å². The van der Waals surface area contributed by atoms with Gasteiger partial charge in [-0.1, -0.05) is 11.6 Å². The fourth-order valence-corrected chi connectivity index (χ4v) is 1.81. The first-order chi connectivity index (χ1) is 8.04. The number of hydrogen-bond donors (Lipinski definition) is 1. The van der Waals surface area contributed by atoms with E-state index in [0.29, 0.717) is 22.7 Å². The fourth-order valence-electron chi connectivity index (χ4n) is 1.64. The zero-order valence-corrected chi connectivity index (χ0v) is 10.2. The summed E-state index contributed by atoms with van der Waals surface area (Å²) in [5.41, 5.74) is 2.36. The number of phenols is 1. The number of carbonyl (C=O) groups is 1. The Hall–Kier alpha value is -1.81. The van der Waals surface area contributed by atoms with Gasteiger partial charge in [0.1, 0.15) is 16.6 Å². The fraction of sp³-hybridized carbons (Fsp3) is 0.167. The second-order valence-corrected chi connectivity index (χ2v) is 4.15. The number of phenolic OH excluding ortho intramolecular Hbond substituents is 1. The smallest absolute Gasteiger partial charge is 0.155 e. The van der Waals surface area contributed by atoms with Crippen molar-refractivity contribution in [2.24, 2.45) is 7.05 Å². The molecule has 1 N–H and O–H groups in total. The molecular formula is C12H11ClN2O2. The number of rotatable bonds is 2. The minimum Gasteiger partial charge on any atom is -0.508 e. The van der Waals surface area contributed by atoms with Gasteiger partial charge < -0.3 is 5.11 Å². The Kier molecular flexibility index (Phi) is 2.90. The molecule has 5 heteroatoms. The third-order valence-electron chi connectivity index (χ3n) is 2.60. The number of nitrogens with zero attached hydrogens (tertiary/aromatic N) is 2. The summed E-state index contributed by atoms with van der Waals surface area (Å²) < 4.78 is 1.45. The van der Waals surface area contributed by atoms with Gasteiger partial charge in [-0.2, -0.15) is 5.10 Å². The molecule has 88 valence electrons. The summed E-state index contributed by atoms with van der Waals surface area (Å²) in [6.07, 6.45) is 0.687. The maximum atomic E-state index is 11.0. The van der Waals surface area contributed by atoms with Gasteiger partial charge in [0.15, 0.2) is 6.29 Å². The van der Waals surface area contributed by atoms with Gasteiger partial charge in [-0.25, -0.2) is 0 Å². The van der Waals surface area contributed by atoms with Crippen LogP contribution in [0, 0.1) is 6.92 Å². The summed E-state index contributed by atoms with van der Waals surface area (Å²) in [6.45, 7) is 1.78. The highest BCUT2D eigenvalue weighted by Gasteiger charge is 2.15. The van der Waals surface area contributed by atoms with Crippen LogP contribution in [0.1, 0.15) is 15.9 Å². The first kappa shape index (κ1) is 11.7. The number of hydrogen-bond acceptors (Lipinski definition) is 3. The Morgan fingerprint density at radius 1 is 1.47 bits per heavy atom. The maximum absolute atomic E-state index is 11.0. The molecule has 2 rings (SSSR count). The summed E-state index contributed by atoms with van der Waals surface area (Å²) in [5.74, 6) is 0.212. The third kappa shape index (κ3) is 1.91. The molecule has 0 unspecified atom stereocenters. The van der Waals surface area contributed by atoms with Crippen molar-refractivity contribution in [1.82, 2.24) is 9.78 Å². The van der Waals surface area contributed by atoms with Crippen molar-refractivity contribution in [2.75, 3.05) is 0 Å². The number of halogens is 1. The molecule has 0 bridgehead atoms. The van der Waals surface area contributed by atoms with Crippen molar-refractivity contribution in [3.8, 4) is 17.0 Å². The summed E-state index contributed by atoms with van der Waals surface area (Å²) >= 11 is 5.95. The second kappa shape index (κ2) is 4.22. The number of aldehydes is 1. The van der Waals surface area contributed by atoms with Crippen LogP contribution in [0.5, 0.6) is 5.75 Å². The van der Waals surface area contributed by atoms with Crippen LogP contribution in [0.15, 0.2) is 18.2 Å². The molecule has 0 radical (unpaired) electrons. The van der Waals surface area contributed by atoms with Crippen LogP contribution >= 0.6 is 11.6 Å². The minimum absolute atomic E-state index is 0.212. The van der Waals surface area contributed by atoms with Crippen molar-refractivity contribution >= 4 is 17.9 Å². The number of carbonyl (C=O) groups excluding carboxylic acids is 1. The lowest BCUT2D eigenvalue weighted by Crippen LogP contribution is -1.89. The summed E-state index contributed by atoms with van der Waals surface area (Å²) in [7, 11) is 1.67. The van der Waals surface area contributed by atoms with E-state index in [1.165, 1.54) is 4.68 Å². The molecule has 0 atom stereocenters. The highest BCUT2D eigenvalue weighted by molar-refractivity contribution is 6.32. The van der Waals surface area contributed by atoms with Crippen LogP contribution in [-0.4, -0.2) is 21.2 Å². The SMILES string of the molecule is Cc1cc(-c2nn(C)c(Cl)c2C=O)ccc1O. The van der Waals surface area contributed by atoms with Crippen LogP contribution in [-0.2, 0) is 7.05 Å². The highest BCUT2D eigenvalue weighted by Crippen LogP contribution is 2.29. The zero-order chi connectivity index (χ0) is 12.6. The Balaban J connectivity index is 2.64. The molecule has 0 amide bonds. The highest BCUT2D eigenvalue weighted by atomic mass is 35.5. The van der Waals surface area contributed by atoms with Crippen LogP contribution < -0.4 is 0 Å². The van der Waals surface area contributed by atoms with Gasteiger partial charge in [0.05, 0.1) is 5.56 Å². The van der Waals surface area contributed by atoms with E-state index in [2.05, 4.69) is 5.10 Å². The Morgan fingerprint density at radius 2 is 2.18 bits per heavy atom. The monoisotopic (exact) mass is 250 g/mol. The quantitative estimate of drug-likeness (QED) is 0.834. The van der Waals surface area contributed by atoms with Gasteiger partial charge in [-0.3, -0.25) is 9.48 Å². The van der Waals surface area contributed by atoms with Crippen molar-refractivity contribution in [1.29, 1.82) is 0 Å². The van der Waals surface area contributed by atoms with Gasteiger partial charge in [0.2, 0.25) is 0 Å². The van der Waals surface area contributed by atoms with Crippen LogP contribution in [0.4, 0.5) is 0 Å². The van der Waals surface area contributed by atoms with Crippen molar-refractivity contribution in [3.05, 3.63) is 34.5 Å². The number of benzene rings is 1. The lowest BCUT2D eigenvalue weighted by atomic mass is 10.1. The van der Waals surface area contributed by atoms with Gasteiger partial charge >= 0.3 is 0 Å². The van der Waals surface area contributed by atoms with Crippen LogP contribution in [0.3, 0.4) is 0 Å². The largest absolute Gasteiger partial charge is 0.508 e. The first-order valence-corrected chi connectivity index (χ1v) is 5.40. The molecule has 0 spiro atoms. The van der Waals surface area contributed by atoms with Crippen molar-refractivity contribution in [2.45, 2.75) is 6.92 Å². The van der Waals surface area contributed by atoms with Crippen LogP contribution in [0.25, 0.3) is 11.3 Å². The van der Waals surface area contributed by atoms with Crippen LogP contribution in [0.2, 0.25) is 5.15 Å². The molecule has 0 aliphatic heterocycles. The molecule has 0 saturated heterocycles. The van der Waals surface area contributed by atoms with E-state index in [-0.39, 0.29) is 5.75 Å². The average Bonchev–Trinajstić information content (AvgIpc) is 2.59. The van der Waals surface area contributed by atoms with E-state index >= 15 is 0 Å². The average molecular weight is 251 g/mol. The topological polar surface area (TPSA) is 55.1 Å². The summed E-state index contributed by atoms with van der Waals surface area (Å²) in [5, 5.41) is 14.0. The molecule has 1 heterocycles. The molecule has 1 aromatic heterocycles. The minimum atomic E-state index is 0.212. The molecule has 4 nitrogen and oxygen atoms in total. The maximum Gasteiger partial charge on any atom is 0.155 e. The first-order valence-electron chi connectivity index (χ1n) is 5.02. The number of aryl methyl sites for hydroxylation is 2. The molecule has 17 heavy (non-hydrogen) atoms. The van der Waals surface area contributed by atoms with Gasteiger partial charge in [-0.05, 0) is 30.7 Å². The lowest BCUT2D eigenvalue weighted by Gasteiger charge is -2.02. The third-order valence-corrected chi connectivity index (χ3v) is 3.05. The van der Waals surface area contributed by atoms with Gasteiger partial charge in [-0.15, -0.1) is 0 Å². The molecule has 2 aromatic rings. The molecule has 0 fully saturated rings. The van der Waals surface area contributed by atoms with E-state index in [9.17, 15) is 9.90 Å². The van der Waals surface area contributed by atoms with Gasteiger partial charge in [0.25, 0.3) is 0 Å². The number of aromatic nitrogens is 2. The zero-order valence-electron chi connectivity index (χ0n) is 9.44. The predicted molar refractivity (Wildman–Crippen MR) is 65.4 cm³/mol. The van der Waals surface area contributed by atoms with E-state index in [0.717, 1.165) is 11.1 Å². The van der Waals surface area contributed by atoms with Crippen molar-refractivity contribution < 1.29 is 9.90 Å². The normalized spacial score (nSPS) is 10.5. The van der Waals surface area contributed by atoms with Crippen molar-refractivity contribution in [3.63, 3.8) is 0 Å². The summed E-state index contributed by atoms with van der Waals surface area (Å²) in [4.78, 5) is 11.0. The lowest BCUT2D eigenvalue weighted by molar-refractivity contribution is 0.112. The van der Waals surface area contributed by atoms with Gasteiger partial charge in [0, 0.05) is 12.6 Å². The van der Waals surface area contributed by atoms with E-state index < -0.39 is 0 Å². The second-order valence-electron chi connectivity index (χ2n) is 3.80. The Morgan fingerprint density at radius 3 is 2.76 bits per heavy atom. The Bertz CT molecular complexity index is 590. The molecule has 1 aromatic carbocycles. The molecular weight excluding hydrogens is 240 g/mol. The standard InChI is InChI=1S/C12H11ClN2O2/c1-7-5-8(3-4-10(7)17)11-9(6-16)12(13)15(2)14-11/h3-6,17H,1-2H3. The molecule has 0 aliphatic carbocycles. The van der Waals surface area contributed by atoms with E-state index in [4.69, 9.17) is 11.6 Å². The predicted octanol–water partition coefficient (Wildman–Crippen LogP) is 2.57. The Labute approximate surface area is 103 Å². The molecule has 0 aliphatic rings.